The fourth-order valence-electron chi connectivity index (χ4n) is 1.84. The summed E-state index contributed by atoms with van der Waals surface area (Å²) in [5.41, 5.74) is 6.91. The summed E-state index contributed by atoms with van der Waals surface area (Å²) in [7, 11) is 3.36. The third-order valence-corrected chi connectivity index (χ3v) is 3.82. The first-order chi connectivity index (χ1) is 10.5. The van der Waals surface area contributed by atoms with Crippen LogP contribution in [0.3, 0.4) is 0 Å². The minimum absolute atomic E-state index is 0.116. The van der Waals surface area contributed by atoms with Gasteiger partial charge in [-0.15, -0.1) is 11.3 Å². The van der Waals surface area contributed by atoms with Crippen LogP contribution in [0.25, 0.3) is 0 Å². The van der Waals surface area contributed by atoms with Crippen molar-refractivity contribution in [3.63, 3.8) is 0 Å². The second-order valence-electron chi connectivity index (χ2n) is 4.90. The Morgan fingerprint density at radius 1 is 1.36 bits per heavy atom. The van der Waals surface area contributed by atoms with E-state index in [0.29, 0.717) is 29.9 Å². The van der Waals surface area contributed by atoms with Gasteiger partial charge in [-0.25, -0.2) is 4.98 Å². The van der Waals surface area contributed by atoms with Crippen molar-refractivity contribution in [3.05, 3.63) is 45.9 Å². The van der Waals surface area contributed by atoms with Gasteiger partial charge in [0.2, 0.25) is 0 Å². The fraction of sp³-hybridized carbons (Fsp3) is 0.267. The molecule has 22 heavy (non-hydrogen) atoms. The molecule has 2 rings (SSSR count). The van der Waals surface area contributed by atoms with Crippen molar-refractivity contribution in [2.24, 2.45) is 5.73 Å². The molecule has 0 aliphatic heterocycles. The molecule has 0 aliphatic rings. The second kappa shape index (κ2) is 7.15. The summed E-state index contributed by atoms with van der Waals surface area (Å²) in [5, 5.41) is 5.29. The number of hydrogen-bond donors (Lipinski definition) is 2. The van der Waals surface area contributed by atoms with Crippen LogP contribution in [0, 0.1) is 0 Å². The Morgan fingerprint density at radius 2 is 2.14 bits per heavy atom. The Balaban J connectivity index is 2.11. The lowest BCUT2D eigenvalue weighted by Crippen LogP contribution is -2.22. The molecular formula is C15H18N4O2S. The SMILES string of the molecule is CN(C)C(=O)c1cccc(NC(=O)c2csc(CCN)n2)c1. The van der Waals surface area contributed by atoms with Crippen LogP contribution in [0.15, 0.2) is 29.6 Å². The van der Waals surface area contributed by atoms with Crippen molar-refractivity contribution in [3.8, 4) is 0 Å². The van der Waals surface area contributed by atoms with E-state index in [4.69, 9.17) is 5.73 Å². The van der Waals surface area contributed by atoms with Gasteiger partial charge in [0.05, 0.1) is 5.01 Å². The van der Waals surface area contributed by atoms with E-state index in [-0.39, 0.29) is 11.8 Å². The van der Waals surface area contributed by atoms with Crippen LogP contribution in [0.4, 0.5) is 5.69 Å². The Hall–Kier alpha value is -2.25. The van der Waals surface area contributed by atoms with E-state index in [1.807, 2.05) is 0 Å². The summed E-state index contributed by atoms with van der Waals surface area (Å²) in [6.45, 7) is 0.503. The van der Waals surface area contributed by atoms with Crippen molar-refractivity contribution in [1.82, 2.24) is 9.88 Å². The molecule has 3 N–H and O–H groups in total. The Labute approximate surface area is 133 Å². The molecule has 0 bridgehead atoms. The normalized spacial score (nSPS) is 10.3. The molecule has 1 aromatic carbocycles. The summed E-state index contributed by atoms with van der Waals surface area (Å²) in [5.74, 6) is -0.413. The molecular weight excluding hydrogens is 300 g/mol. The van der Waals surface area contributed by atoms with Crippen LogP contribution in [-0.4, -0.2) is 42.3 Å². The second-order valence-corrected chi connectivity index (χ2v) is 5.84. The van der Waals surface area contributed by atoms with Gasteiger partial charge >= 0.3 is 0 Å². The van der Waals surface area contributed by atoms with Gasteiger partial charge in [-0.2, -0.15) is 0 Å². The van der Waals surface area contributed by atoms with Crippen LogP contribution in [0.5, 0.6) is 0 Å². The smallest absolute Gasteiger partial charge is 0.275 e. The highest BCUT2D eigenvalue weighted by atomic mass is 32.1. The van der Waals surface area contributed by atoms with Crippen molar-refractivity contribution in [2.75, 3.05) is 26.0 Å². The number of benzene rings is 1. The molecule has 2 amide bonds. The standard InChI is InChI=1S/C15H18N4O2S/c1-19(2)15(21)10-4-3-5-11(8-10)17-14(20)12-9-22-13(18-12)6-7-16/h3-5,8-9H,6-7,16H2,1-2H3,(H,17,20). The monoisotopic (exact) mass is 318 g/mol. The number of nitrogens with two attached hydrogens (primary N) is 1. The molecule has 116 valence electrons. The maximum atomic E-state index is 12.2. The number of carbonyl (C=O) groups excluding carboxylic acids is 2. The predicted octanol–water partition coefficient (Wildman–Crippen LogP) is 1.60. The van der Waals surface area contributed by atoms with E-state index in [2.05, 4.69) is 10.3 Å². The molecule has 0 fully saturated rings. The molecule has 7 heteroatoms. The third kappa shape index (κ3) is 3.90. The largest absolute Gasteiger partial charge is 0.345 e. The summed E-state index contributed by atoms with van der Waals surface area (Å²) >= 11 is 1.41. The van der Waals surface area contributed by atoms with Gasteiger partial charge < -0.3 is 16.0 Å². The molecule has 0 spiro atoms. The lowest BCUT2D eigenvalue weighted by Gasteiger charge is -2.11. The number of anilines is 1. The summed E-state index contributed by atoms with van der Waals surface area (Å²) in [6.07, 6.45) is 0.658. The van der Waals surface area contributed by atoms with Gasteiger partial charge in [-0.05, 0) is 24.7 Å². The maximum Gasteiger partial charge on any atom is 0.275 e. The topological polar surface area (TPSA) is 88.3 Å². The first-order valence-electron chi connectivity index (χ1n) is 6.79. The number of carbonyl (C=O) groups is 2. The fourth-order valence-corrected chi connectivity index (χ4v) is 2.63. The van der Waals surface area contributed by atoms with Crippen LogP contribution in [0.1, 0.15) is 25.9 Å². The number of aromatic nitrogens is 1. The van der Waals surface area contributed by atoms with E-state index < -0.39 is 0 Å². The molecule has 0 saturated carbocycles. The Kier molecular flexibility index (Phi) is 5.24. The van der Waals surface area contributed by atoms with Gasteiger partial charge in [0, 0.05) is 37.1 Å². The van der Waals surface area contributed by atoms with Crippen LogP contribution in [0.2, 0.25) is 0 Å². The Bertz CT molecular complexity index is 682. The third-order valence-electron chi connectivity index (χ3n) is 2.92. The van der Waals surface area contributed by atoms with E-state index in [1.165, 1.54) is 16.2 Å². The van der Waals surface area contributed by atoms with Crippen molar-refractivity contribution in [2.45, 2.75) is 6.42 Å². The number of hydrogen-bond acceptors (Lipinski definition) is 5. The van der Waals surface area contributed by atoms with Crippen LogP contribution >= 0.6 is 11.3 Å². The molecule has 0 saturated heterocycles. The lowest BCUT2D eigenvalue weighted by atomic mass is 10.2. The molecule has 0 radical (unpaired) electrons. The number of thiazole rings is 1. The zero-order valence-corrected chi connectivity index (χ0v) is 13.3. The van der Waals surface area contributed by atoms with Crippen molar-refractivity contribution >= 4 is 28.8 Å². The van der Waals surface area contributed by atoms with Crippen LogP contribution in [-0.2, 0) is 6.42 Å². The summed E-state index contributed by atoms with van der Waals surface area (Å²) < 4.78 is 0. The highest BCUT2D eigenvalue weighted by Crippen LogP contribution is 2.15. The number of nitrogens with one attached hydrogen (secondary N) is 1. The van der Waals surface area contributed by atoms with Gasteiger partial charge in [-0.3, -0.25) is 9.59 Å². The highest BCUT2D eigenvalue weighted by molar-refractivity contribution is 7.09. The predicted molar refractivity (Wildman–Crippen MR) is 87.3 cm³/mol. The number of amides is 2. The Morgan fingerprint density at radius 3 is 2.82 bits per heavy atom. The average Bonchev–Trinajstić information content (AvgIpc) is 2.96. The first-order valence-corrected chi connectivity index (χ1v) is 7.66. The summed E-state index contributed by atoms with van der Waals surface area (Å²) in [6, 6.07) is 6.82. The highest BCUT2D eigenvalue weighted by Gasteiger charge is 2.13. The molecule has 2 aromatic rings. The number of nitrogens with zero attached hydrogens (tertiary/aromatic N) is 2. The van der Waals surface area contributed by atoms with Gasteiger partial charge in [-0.1, -0.05) is 6.07 Å². The van der Waals surface area contributed by atoms with E-state index >= 15 is 0 Å². The van der Waals surface area contributed by atoms with E-state index in [1.54, 1.807) is 43.7 Å². The lowest BCUT2D eigenvalue weighted by molar-refractivity contribution is 0.0827. The van der Waals surface area contributed by atoms with E-state index in [9.17, 15) is 9.59 Å². The van der Waals surface area contributed by atoms with Crippen molar-refractivity contribution < 1.29 is 9.59 Å². The van der Waals surface area contributed by atoms with Crippen molar-refractivity contribution in [1.29, 1.82) is 0 Å². The van der Waals surface area contributed by atoms with Gasteiger partial charge in [0.15, 0.2) is 0 Å². The van der Waals surface area contributed by atoms with Gasteiger partial charge in [0.1, 0.15) is 5.69 Å². The number of rotatable bonds is 5. The zero-order valence-electron chi connectivity index (χ0n) is 12.5. The zero-order chi connectivity index (χ0) is 16.1. The van der Waals surface area contributed by atoms with Gasteiger partial charge in [0.25, 0.3) is 11.8 Å². The maximum absolute atomic E-state index is 12.2. The average molecular weight is 318 g/mol. The summed E-state index contributed by atoms with van der Waals surface area (Å²) in [4.78, 5) is 29.8. The minimum Gasteiger partial charge on any atom is -0.345 e. The quantitative estimate of drug-likeness (QED) is 0.876. The van der Waals surface area contributed by atoms with E-state index in [0.717, 1.165) is 5.01 Å². The first kappa shape index (κ1) is 16.1. The minimum atomic E-state index is -0.297. The molecule has 1 aromatic heterocycles. The molecule has 0 unspecified atom stereocenters. The molecule has 0 atom stereocenters. The molecule has 1 heterocycles. The molecule has 0 aliphatic carbocycles. The molecule has 6 nitrogen and oxygen atoms in total. The van der Waals surface area contributed by atoms with Crippen LogP contribution < -0.4 is 11.1 Å².